The Morgan fingerprint density at radius 2 is 2.17 bits per heavy atom. The molecule has 2 aromatic rings. The summed E-state index contributed by atoms with van der Waals surface area (Å²) in [4.78, 5) is 19.6. The minimum absolute atomic E-state index is 0.137. The number of anilines is 1. The van der Waals surface area contributed by atoms with Gasteiger partial charge < -0.3 is 5.11 Å². The van der Waals surface area contributed by atoms with Gasteiger partial charge in [0.15, 0.2) is 0 Å². The van der Waals surface area contributed by atoms with Gasteiger partial charge in [-0.15, -0.1) is 0 Å². The Balaban J connectivity index is 2.19. The van der Waals surface area contributed by atoms with E-state index in [9.17, 15) is 9.90 Å². The average Bonchev–Trinajstić information content (AvgIpc) is 2.32. The predicted molar refractivity (Wildman–Crippen MR) is 67.8 cm³/mol. The summed E-state index contributed by atoms with van der Waals surface area (Å²) in [5.74, 6) is -0.0795. The highest BCUT2D eigenvalue weighted by atomic mass is 35.5. The van der Waals surface area contributed by atoms with Gasteiger partial charge in [-0.05, 0) is 36.8 Å². The third kappa shape index (κ3) is 2.75. The molecule has 2 rings (SSSR count). The van der Waals surface area contributed by atoms with Crippen LogP contribution in [0.3, 0.4) is 0 Å². The smallest absolute Gasteiger partial charge is 0.258 e. The van der Waals surface area contributed by atoms with Crippen LogP contribution in [-0.2, 0) is 0 Å². The maximum atomic E-state index is 11.9. The highest BCUT2D eigenvalue weighted by Gasteiger charge is 2.09. The van der Waals surface area contributed by atoms with E-state index >= 15 is 0 Å². The molecular weight excluding hydrogens is 254 g/mol. The second-order valence-corrected chi connectivity index (χ2v) is 4.05. The first kappa shape index (κ1) is 12.3. The lowest BCUT2D eigenvalue weighted by molar-refractivity contribution is 0.102. The van der Waals surface area contributed by atoms with Crippen LogP contribution in [0.25, 0.3) is 0 Å². The zero-order valence-electron chi connectivity index (χ0n) is 9.51. The van der Waals surface area contributed by atoms with Crippen molar-refractivity contribution in [1.82, 2.24) is 9.97 Å². The molecule has 0 aliphatic carbocycles. The number of hydrogen-bond acceptors (Lipinski definition) is 4. The number of aryl methyl sites for hydroxylation is 1. The Bertz CT molecular complexity index is 602. The average molecular weight is 264 g/mol. The molecule has 0 bridgehead atoms. The van der Waals surface area contributed by atoms with Crippen LogP contribution in [0, 0.1) is 6.92 Å². The van der Waals surface area contributed by atoms with E-state index in [1.807, 2.05) is 0 Å². The number of rotatable bonds is 2. The van der Waals surface area contributed by atoms with Crippen LogP contribution in [0.15, 0.2) is 30.5 Å². The minimum Gasteiger partial charge on any atom is -0.508 e. The SMILES string of the molecule is Cc1cc(C(=O)Nc2nccc(Cl)n2)ccc1O. The largest absolute Gasteiger partial charge is 0.508 e. The second kappa shape index (κ2) is 5.01. The molecule has 0 unspecified atom stereocenters. The monoisotopic (exact) mass is 263 g/mol. The zero-order valence-corrected chi connectivity index (χ0v) is 10.3. The van der Waals surface area contributed by atoms with Crippen LogP contribution in [0.4, 0.5) is 5.95 Å². The van der Waals surface area contributed by atoms with Crippen molar-refractivity contribution in [3.8, 4) is 5.75 Å². The number of amides is 1. The molecule has 1 aromatic heterocycles. The van der Waals surface area contributed by atoms with Gasteiger partial charge >= 0.3 is 0 Å². The molecule has 0 aliphatic heterocycles. The van der Waals surface area contributed by atoms with Crippen molar-refractivity contribution in [2.24, 2.45) is 0 Å². The topological polar surface area (TPSA) is 75.1 Å². The molecule has 1 aromatic carbocycles. The summed E-state index contributed by atoms with van der Waals surface area (Å²) in [6.45, 7) is 1.71. The number of benzene rings is 1. The molecule has 92 valence electrons. The van der Waals surface area contributed by atoms with Gasteiger partial charge in [-0.3, -0.25) is 10.1 Å². The number of phenols is 1. The first-order valence-electron chi connectivity index (χ1n) is 5.16. The van der Waals surface area contributed by atoms with E-state index in [4.69, 9.17) is 11.6 Å². The van der Waals surface area contributed by atoms with Gasteiger partial charge in [-0.2, -0.15) is 0 Å². The van der Waals surface area contributed by atoms with Gasteiger partial charge in [0.05, 0.1) is 0 Å². The van der Waals surface area contributed by atoms with Gasteiger partial charge in [-0.1, -0.05) is 11.6 Å². The number of nitrogens with one attached hydrogen (secondary N) is 1. The molecule has 0 aliphatic rings. The fourth-order valence-corrected chi connectivity index (χ4v) is 1.50. The number of carbonyl (C=O) groups excluding carboxylic acids is 1. The quantitative estimate of drug-likeness (QED) is 0.816. The number of halogens is 1. The summed E-state index contributed by atoms with van der Waals surface area (Å²) in [5.41, 5.74) is 1.03. The molecule has 0 atom stereocenters. The van der Waals surface area contributed by atoms with Crippen molar-refractivity contribution in [2.45, 2.75) is 6.92 Å². The van der Waals surface area contributed by atoms with Crippen LogP contribution in [0.2, 0.25) is 5.15 Å². The summed E-state index contributed by atoms with van der Waals surface area (Å²) >= 11 is 5.68. The van der Waals surface area contributed by atoms with Crippen molar-refractivity contribution in [2.75, 3.05) is 5.32 Å². The Kier molecular flexibility index (Phi) is 3.43. The Morgan fingerprint density at radius 3 is 2.83 bits per heavy atom. The van der Waals surface area contributed by atoms with Crippen molar-refractivity contribution in [1.29, 1.82) is 0 Å². The molecule has 1 heterocycles. The number of hydrogen-bond donors (Lipinski definition) is 2. The van der Waals surface area contributed by atoms with Gasteiger partial charge in [0.25, 0.3) is 5.91 Å². The molecule has 0 spiro atoms. The van der Waals surface area contributed by atoms with Crippen LogP contribution in [0.1, 0.15) is 15.9 Å². The second-order valence-electron chi connectivity index (χ2n) is 3.66. The molecule has 1 amide bonds. The number of phenolic OH excluding ortho intramolecular Hbond substituents is 1. The molecule has 5 nitrogen and oxygen atoms in total. The molecule has 18 heavy (non-hydrogen) atoms. The summed E-state index contributed by atoms with van der Waals surface area (Å²) in [7, 11) is 0. The van der Waals surface area contributed by atoms with E-state index in [1.165, 1.54) is 24.4 Å². The minimum atomic E-state index is -0.361. The summed E-state index contributed by atoms with van der Waals surface area (Å²) < 4.78 is 0. The maximum Gasteiger partial charge on any atom is 0.258 e. The first-order chi connectivity index (χ1) is 8.56. The molecule has 0 fully saturated rings. The Hall–Kier alpha value is -2.14. The van der Waals surface area contributed by atoms with E-state index < -0.39 is 0 Å². The third-order valence-corrected chi connectivity index (χ3v) is 2.52. The molecular formula is C12H10ClN3O2. The van der Waals surface area contributed by atoms with E-state index in [2.05, 4.69) is 15.3 Å². The molecule has 2 N–H and O–H groups in total. The summed E-state index contributed by atoms with van der Waals surface area (Å²) in [6.07, 6.45) is 1.45. The van der Waals surface area contributed by atoms with Crippen LogP contribution < -0.4 is 5.32 Å². The van der Waals surface area contributed by atoms with Gasteiger partial charge in [0.1, 0.15) is 10.9 Å². The fraction of sp³-hybridized carbons (Fsp3) is 0.0833. The number of carbonyl (C=O) groups is 1. The van der Waals surface area contributed by atoms with E-state index in [1.54, 1.807) is 13.0 Å². The lowest BCUT2D eigenvalue weighted by atomic mass is 10.1. The predicted octanol–water partition coefficient (Wildman–Crippen LogP) is 2.40. The molecule has 0 radical (unpaired) electrons. The van der Waals surface area contributed by atoms with Gasteiger partial charge in [0, 0.05) is 11.8 Å². The van der Waals surface area contributed by atoms with Crippen molar-refractivity contribution in [3.05, 3.63) is 46.7 Å². The van der Waals surface area contributed by atoms with E-state index in [0.717, 1.165) is 0 Å². The highest BCUT2D eigenvalue weighted by molar-refractivity contribution is 6.29. The third-order valence-electron chi connectivity index (χ3n) is 2.31. The van der Waals surface area contributed by atoms with Crippen molar-refractivity contribution < 1.29 is 9.90 Å². The lowest BCUT2D eigenvalue weighted by Crippen LogP contribution is -2.14. The van der Waals surface area contributed by atoms with Gasteiger partial charge in [0.2, 0.25) is 5.95 Å². The first-order valence-corrected chi connectivity index (χ1v) is 5.53. The lowest BCUT2D eigenvalue weighted by Gasteiger charge is -2.05. The Labute approximate surface area is 108 Å². The zero-order chi connectivity index (χ0) is 13.1. The molecule has 6 heteroatoms. The van der Waals surface area contributed by atoms with E-state index in [-0.39, 0.29) is 22.8 Å². The van der Waals surface area contributed by atoms with Crippen LogP contribution in [0.5, 0.6) is 5.75 Å². The number of aromatic nitrogens is 2. The standard InChI is InChI=1S/C12H10ClN3O2/c1-7-6-8(2-3-9(7)17)11(18)16-12-14-5-4-10(13)15-12/h2-6,17H,1H3,(H,14,15,16,18). The normalized spacial score (nSPS) is 10.1. The number of aromatic hydroxyl groups is 1. The van der Waals surface area contributed by atoms with Crippen LogP contribution >= 0.6 is 11.6 Å². The summed E-state index contributed by atoms with van der Waals surface area (Å²) in [6, 6.07) is 6.07. The number of nitrogens with zero attached hydrogens (tertiary/aromatic N) is 2. The molecule has 0 saturated heterocycles. The summed E-state index contributed by atoms with van der Waals surface area (Å²) in [5, 5.41) is 12.1. The van der Waals surface area contributed by atoms with E-state index in [0.29, 0.717) is 11.1 Å². The maximum absolute atomic E-state index is 11.9. The highest BCUT2D eigenvalue weighted by Crippen LogP contribution is 2.17. The Morgan fingerprint density at radius 1 is 1.39 bits per heavy atom. The van der Waals surface area contributed by atoms with Crippen LogP contribution in [-0.4, -0.2) is 21.0 Å². The van der Waals surface area contributed by atoms with Crippen molar-refractivity contribution in [3.63, 3.8) is 0 Å². The van der Waals surface area contributed by atoms with Gasteiger partial charge in [-0.25, -0.2) is 9.97 Å². The van der Waals surface area contributed by atoms with Crippen molar-refractivity contribution >= 4 is 23.5 Å². The molecule has 0 saturated carbocycles. The fourth-order valence-electron chi connectivity index (χ4n) is 1.37.